The number of hydrogen-bond acceptors (Lipinski definition) is 5. The summed E-state index contributed by atoms with van der Waals surface area (Å²) < 4.78 is 0.661. The molecule has 5 nitrogen and oxygen atoms in total. The average Bonchev–Trinajstić information content (AvgIpc) is 2.27. The highest BCUT2D eigenvalue weighted by molar-refractivity contribution is 9.10. The Labute approximate surface area is 101 Å². The number of anilines is 2. The van der Waals surface area contributed by atoms with Crippen molar-refractivity contribution in [3.63, 3.8) is 0 Å². The lowest BCUT2D eigenvalue weighted by Gasteiger charge is -2.05. The van der Waals surface area contributed by atoms with Crippen LogP contribution in [0.1, 0.15) is 5.56 Å². The van der Waals surface area contributed by atoms with Gasteiger partial charge < -0.3 is 11.1 Å². The van der Waals surface area contributed by atoms with Crippen LogP contribution >= 0.6 is 15.9 Å². The van der Waals surface area contributed by atoms with Gasteiger partial charge in [0.15, 0.2) is 0 Å². The molecule has 2 rings (SSSR count). The largest absolute Gasteiger partial charge is 0.383 e. The molecule has 6 heteroatoms. The third-order valence-corrected chi connectivity index (χ3v) is 2.29. The highest BCUT2D eigenvalue weighted by Gasteiger charge is 2.00. The highest BCUT2D eigenvalue weighted by atomic mass is 79.9. The number of nitrogens with one attached hydrogen (secondary N) is 1. The van der Waals surface area contributed by atoms with E-state index in [0.717, 1.165) is 5.56 Å². The van der Waals surface area contributed by atoms with Crippen LogP contribution < -0.4 is 11.1 Å². The van der Waals surface area contributed by atoms with Gasteiger partial charge in [-0.15, -0.1) is 0 Å². The predicted octanol–water partition coefficient (Wildman–Crippen LogP) is 1.83. The highest BCUT2D eigenvalue weighted by Crippen LogP contribution is 2.12. The van der Waals surface area contributed by atoms with Gasteiger partial charge in [0.1, 0.15) is 10.4 Å². The first-order valence-corrected chi connectivity index (χ1v) is 5.46. The molecule has 0 aliphatic rings. The first-order valence-electron chi connectivity index (χ1n) is 4.67. The third kappa shape index (κ3) is 2.90. The maximum absolute atomic E-state index is 5.59. The molecule has 0 bridgehead atoms. The molecule has 0 unspecified atom stereocenters. The van der Waals surface area contributed by atoms with E-state index in [1.807, 2.05) is 12.1 Å². The molecule has 0 aliphatic carbocycles. The summed E-state index contributed by atoms with van der Waals surface area (Å²) >= 11 is 3.26. The van der Waals surface area contributed by atoms with Gasteiger partial charge in [-0.2, -0.15) is 4.98 Å². The van der Waals surface area contributed by atoms with Gasteiger partial charge in [-0.05, 0) is 27.6 Å². The summed E-state index contributed by atoms with van der Waals surface area (Å²) in [5.74, 6) is 0.922. The standard InChI is InChI=1S/C10H10BrN5/c11-8-4-9(12)16-10(15-8)14-6-7-2-1-3-13-5-7/h1-5H,6H2,(H3,12,14,15,16). The number of nitrogens with zero attached hydrogens (tertiary/aromatic N) is 3. The second-order valence-electron chi connectivity index (χ2n) is 3.15. The molecular weight excluding hydrogens is 270 g/mol. The number of nitrogens with two attached hydrogens (primary N) is 1. The van der Waals surface area contributed by atoms with Crippen LogP contribution in [-0.2, 0) is 6.54 Å². The van der Waals surface area contributed by atoms with Crippen molar-refractivity contribution in [3.8, 4) is 0 Å². The van der Waals surface area contributed by atoms with Crippen LogP contribution in [0, 0.1) is 0 Å². The van der Waals surface area contributed by atoms with E-state index in [0.29, 0.717) is 22.9 Å². The average molecular weight is 280 g/mol. The smallest absolute Gasteiger partial charge is 0.225 e. The van der Waals surface area contributed by atoms with Crippen LogP contribution in [0.2, 0.25) is 0 Å². The van der Waals surface area contributed by atoms with Crippen LogP contribution in [0.25, 0.3) is 0 Å². The zero-order valence-electron chi connectivity index (χ0n) is 8.39. The number of nitrogen functional groups attached to an aromatic ring is 1. The van der Waals surface area contributed by atoms with E-state index in [1.54, 1.807) is 18.5 Å². The molecule has 0 aromatic carbocycles. The van der Waals surface area contributed by atoms with Crippen LogP contribution in [0.4, 0.5) is 11.8 Å². The van der Waals surface area contributed by atoms with Crippen LogP contribution in [0.5, 0.6) is 0 Å². The zero-order chi connectivity index (χ0) is 11.4. The normalized spacial score (nSPS) is 10.1. The Hall–Kier alpha value is -1.69. The molecule has 0 saturated carbocycles. The molecule has 82 valence electrons. The molecule has 0 aliphatic heterocycles. The van der Waals surface area contributed by atoms with E-state index in [9.17, 15) is 0 Å². The Kier molecular flexibility index (Phi) is 3.31. The Morgan fingerprint density at radius 1 is 1.38 bits per heavy atom. The summed E-state index contributed by atoms with van der Waals surface area (Å²) in [5, 5.41) is 3.07. The molecule has 0 radical (unpaired) electrons. The summed E-state index contributed by atoms with van der Waals surface area (Å²) in [6.45, 7) is 0.615. The number of rotatable bonds is 3. The van der Waals surface area contributed by atoms with Crippen molar-refractivity contribution in [2.75, 3.05) is 11.1 Å². The van der Waals surface area contributed by atoms with E-state index in [4.69, 9.17) is 5.73 Å². The van der Waals surface area contributed by atoms with Crippen LogP contribution in [0.15, 0.2) is 35.2 Å². The number of hydrogen-bond donors (Lipinski definition) is 2. The van der Waals surface area contributed by atoms with E-state index < -0.39 is 0 Å². The molecule has 0 saturated heterocycles. The predicted molar refractivity (Wildman–Crippen MR) is 65.7 cm³/mol. The summed E-state index contributed by atoms with van der Waals surface area (Å²) in [6, 6.07) is 5.50. The van der Waals surface area contributed by atoms with Gasteiger partial charge in [-0.25, -0.2) is 4.98 Å². The fourth-order valence-electron chi connectivity index (χ4n) is 1.20. The lowest BCUT2D eigenvalue weighted by molar-refractivity contribution is 1.04. The first kappa shape index (κ1) is 10.8. The second-order valence-corrected chi connectivity index (χ2v) is 3.97. The van der Waals surface area contributed by atoms with E-state index in [1.165, 1.54) is 0 Å². The summed E-state index contributed by atoms with van der Waals surface area (Å²) in [4.78, 5) is 12.2. The number of aromatic nitrogens is 3. The van der Waals surface area contributed by atoms with Gasteiger partial charge in [-0.3, -0.25) is 4.98 Å². The third-order valence-electron chi connectivity index (χ3n) is 1.89. The maximum Gasteiger partial charge on any atom is 0.225 e. The van der Waals surface area contributed by atoms with E-state index >= 15 is 0 Å². The number of halogens is 1. The fourth-order valence-corrected chi connectivity index (χ4v) is 1.60. The lowest BCUT2D eigenvalue weighted by atomic mass is 10.3. The van der Waals surface area contributed by atoms with Gasteiger partial charge >= 0.3 is 0 Å². The van der Waals surface area contributed by atoms with Gasteiger partial charge in [-0.1, -0.05) is 6.07 Å². The van der Waals surface area contributed by atoms with Crippen LogP contribution in [-0.4, -0.2) is 15.0 Å². The Balaban J connectivity index is 2.05. The second kappa shape index (κ2) is 4.89. The van der Waals surface area contributed by atoms with Crippen molar-refractivity contribution in [1.29, 1.82) is 0 Å². The molecule has 3 N–H and O–H groups in total. The lowest BCUT2D eigenvalue weighted by Crippen LogP contribution is -2.05. The van der Waals surface area contributed by atoms with Gasteiger partial charge in [0.2, 0.25) is 5.95 Å². The van der Waals surface area contributed by atoms with Gasteiger partial charge in [0.25, 0.3) is 0 Å². The van der Waals surface area contributed by atoms with Crippen molar-refractivity contribution in [3.05, 3.63) is 40.8 Å². The molecule has 0 amide bonds. The molecule has 0 atom stereocenters. The van der Waals surface area contributed by atoms with Gasteiger partial charge in [0.05, 0.1) is 0 Å². The molecule has 0 fully saturated rings. The zero-order valence-corrected chi connectivity index (χ0v) is 9.98. The first-order chi connectivity index (χ1) is 7.74. The topological polar surface area (TPSA) is 76.7 Å². The van der Waals surface area contributed by atoms with E-state index in [2.05, 4.69) is 36.2 Å². The number of pyridine rings is 1. The minimum atomic E-state index is 0.426. The van der Waals surface area contributed by atoms with Crippen LogP contribution in [0.3, 0.4) is 0 Å². The summed E-state index contributed by atoms with van der Waals surface area (Å²) in [7, 11) is 0. The Morgan fingerprint density at radius 3 is 2.94 bits per heavy atom. The molecule has 2 heterocycles. The van der Waals surface area contributed by atoms with Crippen molar-refractivity contribution in [2.24, 2.45) is 0 Å². The SMILES string of the molecule is Nc1cc(Br)nc(NCc2cccnc2)n1. The minimum absolute atomic E-state index is 0.426. The fraction of sp³-hybridized carbons (Fsp3) is 0.100. The summed E-state index contributed by atoms with van der Waals surface area (Å²) in [5.41, 5.74) is 6.65. The van der Waals surface area contributed by atoms with Crippen molar-refractivity contribution in [1.82, 2.24) is 15.0 Å². The molecular formula is C10H10BrN5. The summed E-state index contributed by atoms with van der Waals surface area (Å²) in [6.07, 6.45) is 3.52. The van der Waals surface area contributed by atoms with Gasteiger partial charge in [0, 0.05) is 25.0 Å². The van der Waals surface area contributed by atoms with E-state index in [-0.39, 0.29) is 0 Å². The van der Waals surface area contributed by atoms with Crippen molar-refractivity contribution < 1.29 is 0 Å². The minimum Gasteiger partial charge on any atom is -0.383 e. The monoisotopic (exact) mass is 279 g/mol. The molecule has 2 aromatic heterocycles. The molecule has 16 heavy (non-hydrogen) atoms. The van der Waals surface area contributed by atoms with Crippen molar-refractivity contribution >= 4 is 27.7 Å². The Morgan fingerprint density at radius 2 is 2.25 bits per heavy atom. The molecule has 0 spiro atoms. The molecule has 2 aromatic rings. The quantitative estimate of drug-likeness (QED) is 0.839. The van der Waals surface area contributed by atoms with Crippen molar-refractivity contribution in [2.45, 2.75) is 6.54 Å². The Bertz CT molecular complexity index is 454. The maximum atomic E-state index is 5.59.